The number of rotatable bonds is 4. The molecule has 0 saturated heterocycles. The predicted molar refractivity (Wildman–Crippen MR) is 58.5 cm³/mol. The minimum atomic E-state index is -0.0731. The fourth-order valence-corrected chi connectivity index (χ4v) is 1.38. The SMILES string of the molecule is Cc1ccc(C(C)NC(=O)CCS)o1. The summed E-state index contributed by atoms with van der Waals surface area (Å²) in [4.78, 5) is 11.2. The number of thiol groups is 1. The van der Waals surface area contributed by atoms with Crippen LogP contribution in [-0.2, 0) is 4.79 Å². The van der Waals surface area contributed by atoms with Crippen LogP contribution >= 0.6 is 12.6 Å². The number of hydrogen-bond donors (Lipinski definition) is 2. The van der Waals surface area contributed by atoms with Crippen LogP contribution in [0.25, 0.3) is 0 Å². The van der Waals surface area contributed by atoms with Gasteiger partial charge in [0.2, 0.25) is 5.91 Å². The fraction of sp³-hybridized carbons (Fsp3) is 0.500. The topological polar surface area (TPSA) is 42.2 Å². The van der Waals surface area contributed by atoms with Crippen LogP contribution < -0.4 is 5.32 Å². The molecule has 0 fully saturated rings. The summed E-state index contributed by atoms with van der Waals surface area (Å²) in [6, 6.07) is 3.69. The van der Waals surface area contributed by atoms with Crippen molar-refractivity contribution in [3.8, 4) is 0 Å². The van der Waals surface area contributed by atoms with E-state index in [0.29, 0.717) is 12.2 Å². The van der Waals surface area contributed by atoms with Crippen molar-refractivity contribution in [3.05, 3.63) is 23.7 Å². The molecule has 4 heteroatoms. The van der Waals surface area contributed by atoms with Gasteiger partial charge in [-0.15, -0.1) is 0 Å². The summed E-state index contributed by atoms with van der Waals surface area (Å²) in [6.07, 6.45) is 0.438. The Balaban J connectivity index is 2.50. The minimum Gasteiger partial charge on any atom is -0.464 e. The second-order valence-corrected chi connectivity index (χ2v) is 3.66. The van der Waals surface area contributed by atoms with E-state index < -0.39 is 0 Å². The molecule has 78 valence electrons. The number of nitrogens with one attached hydrogen (secondary N) is 1. The molecule has 1 aromatic heterocycles. The van der Waals surface area contributed by atoms with E-state index in [1.165, 1.54) is 0 Å². The van der Waals surface area contributed by atoms with Crippen LogP contribution in [0.1, 0.15) is 30.9 Å². The first-order chi connectivity index (χ1) is 6.63. The van der Waals surface area contributed by atoms with Gasteiger partial charge < -0.3 is 9.73 Å². The Morgan fingerprint density at radius 3 is 2.86 bits per heavy atom. The smallest absolute Gasteiger partial charge is 0.221 e. The van der Waals surface area contributed by atoms with Crippen molar-refractivity contribution in [2.24, 2.45) is 0 Å². The molecule has 3 nitrogen and oxygen atoms in total. The van der Waals surface area contributed by atoms with Crippen LogP contribution in [0.15, 0.2) is 16.5 Å². The molecule has 1 aromatic rings. The van der Waals surface area contributed by atoms with E-state index in [0.717, 1.165) is 11.5 Å². The molecule has 1 unspecified atom stereocenters. The number of carbonyl (C=O) groups is 1. The van der Waals surface area contributed by atoms with Gasteiger partial charge in [-0.1, -0.05) is 0 Å². The first-order valence-corrected chi connectivity index (χ1v) is 5.23. The van der Waals surface area contributed by atoms with E-state index >= 15 is 0 Å². The first kappa shape index (κ1) is 11.2. The van der Waals surface area contributed by atoms with Crippen molar-refractivity contribution in [1.29, 1.82) is 0 Å². The summed E-state index contributed by atoms with van der Waals surface area (Å²) in [6.45, 7) is 3.78. The lowest BCUT2D eigenvalue weighted by Gasteiger charge is -2.10. The maximum atomic E-state index is 11.2. The van der Waals surface area contributed by atoms with Gasteiger partial charge in [-0.05, 0) is 31.7 Å². The van der Waals surface area contributed by atoms with E-state index in [4.69, 9.17) is 4.42 Å². The van der Waals surface area contributed by atoms with Crippen molar-refractivity contribution >= 4 is 18.5 Å². The third kappa shape index (κ3) is 3.10. The number of furan rings is 1. The molecular weight excluding hydrogens is 198 g/mol. The van der Waals surface area contributed by atoms with Gasteiger partial charge in [-0.25, -0.2) is 0 Å². The lowest BCUT2D eigenvalue weighted by atomic mass is 10.2. The molecule has 1 atom stereocenters. The highest BCUT2D eigenvalue weighted by Gasteiger charge is 2.11. The lowest BCUT2D eigenvalue weighted by molar-refractivity contribution is -0.121. The number of hydrogen-bond acceptors (Lipinski definition) is 3. The van der Waals surface area contributed by atoms with Crippen LogP contribution in [0, 0.1) is 6.92 Å². The molecule has 1 amide bonds. The third-order valence-corrected chi connectivity index (χ3v) is 2.13. The van der Waals surface area contributed by atoms with Crippen molar-refractivity contribution < 1.29 is 9.21 Å². The largest absolute Gasteiger partial charge is 0.464 e. The highest BCUT2D eigenvalue weighted by Crippen LogP contribution is 2.15. The van der Waals surface area contributed by atoms with Gasteiger partial charge in [0.05, 0.1) is 6.04 Å². The van der Waals surface area contributed by atoms with Crippen LogP contribution in [0.3, 0.4) is 0 Å². The van der Waals surface area contributed by atoms with Crippen molar-refractivity contribution in [1.82, 2.24) is 5.32 Å². The molecule has 0 spiro atoms. The van der Waals surface area contributed by atoms with Crippen LogP contribution in [0.2, 0.25) is 0 Å². The Labute approximate surface area is 89.3 Å². The molecule has 0 aliphatic carbocycles. The molecule has 0 saturated carbocycles. The van der Waals surface area contributed by atoms with Crippen LogP contribution in [-0.4, -0.2) is 11.7 Å². The summed E-state index contributed by atoms with van der Waals surface area (Å²) in [5.41, 5.74) is 0. The normalized spacial score (nSPS) is 12.5. The van der Waals surface area contributed by atoms with Crippen LogP contribution in [0.5, 0.6) is 0 Å². The van der Waals surface area contributed by atoms with Gasteiger partial charge in [0, 0.05) is 6.42 Å². The molecule has 1 rings (SSSR count). The Bertz CT molecular complexity index is 309. The Morgan fingerprint density at radius 1 is 1.64 bits per heavy atom. The highest BCUT2D eigenvalue weighted by atomic mass is 32.1. The zero-order chi connectivity index (χ0) is 10.6. The molecule has 14 heavy (non-hydrogen) atoms. The lowest BCUT2D eigenvalue weighted by Crippen LogP contribution is -2.26. The number of aryl methyl sites for hydroxylation is 1. The number of carbonyl (C=O) groups excluding carboxylic acids is 1. The van der Waals surface area contributed by atoms with Crippen molar-refractivity contribution in [3.63, 3.8) is 0 Å². The molecular formula is C10H15NO2S. The van der Waals surface area contributed by atoms with Gasteiger partial charge in [-0.2, -0.15) is 12.6 Å². The van der Waals surface area contributed by atoms with E-state index in [1.54, 1.807) is 0 Å². The van der Waals surface area contributed by atoms with Crippen molar-refractivity contribution in [2.75, 3.05) is 5.75 Å². The van der Waals surface area contributed by atoms with E-state index in [-0.39, 0.29) is 11.9 Å². The minimum absolute atomic E-state index is 0.00144. The zero-order valence-electron chi connectivity index (χ0n) is 8.41. The van der Waals surface area contributed by atoms with Gasteiger partial charge in [0.25, 0.3) is 0 Å². The summed E-state index contributed by atoms with van der Waals surface area (Å²) < 4.78 is 5.39. The fourth-order valence-electron chi connectivity index (χ4n) is 1.17. The van der Waals surface area contributed by atoms with E-state index in [9.17, 15) is 4.79 Å². The van der Waals surface area contributed by atoms with Crippen molar-refractivity contribution in [2.45, 2.75) is 26.3 Å². The molecule has 0 aliphatic heterocycles. The molecule has 0 radical (unpaired) electrons. The van der Waals surface area contributed by atoms with E-state index in [1.807, 2.05) is 26.0 Å². The van der Waals surface area contributed by atoms with Gasteiger partial charge in [0.15, 0.2) is 0 Å². The maximum absolute atomic E-state index is 11.2. The quantitative estimate of drug-likeness (QED) is 0.752. The maximum Gasteiger partial charge on any atom is 0.221 e. The standard InChI is InChI=1S/C10H15NO2S/c1-7-3-4-9(13-7)8(2)11-10(12)5-6-14/h3-4,8,14H,5-6H2,1-2H3,(H,11,12). The second-order valence-electron chi connectivity index (χ2n) is 3.21. The Hall–Kier alpha value is -0.900. The molecule has 0 bridgehead atoms. The Kier molecular flexibility index (Phi) is 4.07. The first-order valence-electron chi connectivity index (χ1n) is 4.60. The average Bonchev–Trinajstić information content (AvgIpc) is 2.52. The van der Waals surface area contributed by atoms with Gasteiger partial charge >= 0.3 is 0 Å². The number of amides is 1. The molecule has 0 aliphatic rings. The van der Waals surface area contributed by atoms with Gasteiger partial charge in [-0.3, -0.25) is 4.79 Å². The predicted octanol–water partition coefficient (Wildman–Crippen LogP) is 2.09. The average molecular weight is 213 g/mol. The summed E-state index contributed by atoms with van der Waals surface area (Å²) in [7, 11) is 0. The Morgan fingerprint density at radius 2 is 2.36 bits per heavy atom. The monoisotopic (exact) mass is 213 g/mol. The summed E-state index contributed by atoms with van der Waals surface area (Å²) in [5, 5.41) is 2.83. The van der Waals surface area contributed by atoms with Crippen LogP contribution in [0.4, 0.5) is 0 Å². The zero-order valence-corrected chi connectivity index (χ0v) is 9.30. The summed E-state index contributed by atoms with van der Waals surface area (Å²) >= 11 is 3.99. The van der Waals surface area contributed by atoms with E-state index in [2.05, 4.69) is 17.9 Å². The second kappa shape index (κ2) is 5.10. The van der Waals surface area contributed by atoms with Gasteiger partial charge in [0.1, 0.15) is 11.5 Å². The molecule has 1 heterocycles. The molecule has 0 aromatic carbocycles. The molecule has 1 N–H and O–H groups in total. The highest BCUT2D eigenvalue weighted by molar-refractivity contribution is 7.80. The third-order valence-electron chi connectivity index (χ3n) is 1.90. The summed E-state index contributed by atoms with van der Waals surface area (Å²) in [5.74, 6) is 2.21.